The Bertz CT molecular complexity index is 342. The average molecular weight is 254 g/mol. The Kier molecular flexibility index (Phi) is 5.89. The maximum Gasteiger partial charge on any atom is 0.252 e. The van der Waals surface area contributed by atoms with E-state index in [0.717, 1.165) is 25.9 Å². The van der Waals surface area contributed by atoms with Crippen LogP contribution in [-0.2, 0) is 4.74 Å². The normalized spacial score (nSPS) is 17.5. The number of rotatable bonds is 6. The highest BCUT2D eigenvalue weighted by molar-refractivity contribution is 5.55. The Morgan fingerprint density at radius 2 is 2.06 bits per heavy atom. The number of hydrogen-bond donors (Lipinski definition) is 0. The molecule has 0 radical (unpaired) electrons. The van der Waals surface area contributed by atoms with E-state index in [1.54, 1.807) is 6.92 Å². The Balaban J connectivity index is 2.77. The van der Waals surface area contributed by atoms with Crippen molar-refractivity contribution >= 4 is 6.21 Å². The molecule has 4 heteroatoms. The van der Waals surface area contributed by atoms with Gasteiger partial charge in [-0.3, -0.25) is 0 Å². The molecule has 1 fully saturated rings. The number of hydrogen-bond acceptors (Lipinski definition) is 3. The second-order valence-electron chi connectivity index (χ2n) is 4.85. The molecule has 0 saturated carbocycles. The van der Waals surface area contributed by atoms with Crippen molar-refractivity contribution in [1.82, 2.24) is 4.90 Å². The van der Waals surface area contributed by atoms with Gasteiger partial charge < -0.3 is 9.64 Å². The summed E-state index contributed by atoms with van der Waals surface area (Å²) < 4.78 is 19.7. The molecule has 18 heavy (non-hydrogen) atoms. The average Bonchev–Trinajstić information content (AvgIpc) is 2.86. The van der Waals surface area contributed by atoms with E-state index >= 15 is 0 Å². The van der Waals surface area contributed by atoms with Crippen molar-refractivity contribution in [3.63, 3.8) is 0 Å². The van der Waals surface area contributed by atoms with Crippen LogP contribution < -0.4 is 0 Å². The lowest BCUT2D eigenvalue weighted by Gasteiger charge is -2.20. The lowest BCUT2D eigenvalue weighted by molar-refractivity contribution is 0.168. The van der Waals surface area contributed by atoms with Gasteiger partial charge in [0.2, 0.25) is 5.83 Å². The highest BCUT2D eigenvalue weighted by atomic mass is 19.1. The second kappa shape index (κ2) is 7.19. The van der Waals surface area contributed by atoms with Crippen molar-refractivity contribution in [3.8, 4) is 0 Å². The maximum atomic E-state index is 14.2. The van der Waals surface area contributed by atoms with Crippen LogP contribution in [0.3, 0.4) is 0 Å². The first-order valence-electron chi connectivity index (χ1n) is 6.51. The van der Waals surface area contributed by atoms with E-state index in [-0.39, 0.29) is 5.88 Å². The molecule has 0 aliphatic carbocycles. The molecule has 0 amide bonds. The quantitative estimate of drug-likeness (QED) is 0.412. The molecule has 0 bridgehead atoms. The summed E-state index contributed by atoms with van der Waals surface area (Å²) >= 11 is 0. The van der Waals surface area contributed by atoms with E-state index in [1.807, 2.05) is 18.7 Å². The minimum Gasteiger partial charge on any atom is -0.475 e. The van der Waals surface area contributed by atoms with Gasteiger partial charge in [0.05, 0.1) is 12.3 Å². The summed E-state index contributed by atoms with van der Waals surface area (Å²) in [6, 6.07) is 0. The summed E-state index contributed by atoms with van der Waals surface area (Å²) in [5.41, 5.74) is 0.386. The summed E-state index contributed by atoms with van der Waals surface area (Å²) in [5, 5.41) is 0. The molecule has 1 heterocycles. The number of halogens is 1. The Morgan fingerprint density at radius 1 is 1.44 bits per heavy atom. The minimum atomic E-state index is -0.448. The number of aliphatic imine (C=N–C) groups is 1. The van der Waals surface area contributed by atoms with Crippen molar-refractivity contribution in [2.75, 3.05) is 19.7 Å². The van der Waals surface area contributed by atoms with E-state index in [4.69, 9.17) is 4.74 Å². The fraction of sp³-hybridized carbons (Fsp3) is 0.643. The van der Waals surface area contributed by atoms with Crippen molar-refractivity contribution in [2.45, 2.75) is 33.6 Å². The monoisotopic (exact) mass is 254 g/mol. The Hall–Kier alpha value is -1.32. The third-order valence-electron chi connectivity index (χ3n) is 2.73. The zero-order chi connectivity index (χ0) is 13.5. The van der Waals surface area contributed by atoms with Crippen LogP contribution in [0.2, 0.25) is 0 Å². The van der Waals surface area contributed by atoms with Crippen LogP contribution in [0.25, 0.3) is 0 Å². The van der Waals surface area contributed by atoms with Gasteiger partial charge in [0.25, 0.3) is 5.88 Å². The van der Waals surface area contributed by atoms with Crippen molar-refractivity contribution in [2.24, 2.45) is 10.9 Å². The summed E-state index contributed by atoms with van der Waals surface area (Å²) in [6.45, 7) is 11.7. The second-order valence-corrected chi connectivity index (χ2v) is 4.85. The van der Waals surface area contributed by atoms with Crippen LogP contribution in [0.5, 0.6) is 0 Å². The fourth-order valence-corrected chi connectivity index (χ4v) is 1.77. The molecule has 1 rings (SSSR count). The van der Waals surface area contributed by atoms with Gasteiger partial charge in [-0.25, -0.2) is 4.99 Å². The molecule has 0 unspecified atom stereocenters. The molecular weight excluding hydrogens is 231 g/mol. The lowest BCUT2D eigenvalue weighted by Crippen LogP contribution is -2.19. The molecule has 102 valence electrons. The predicted octanol–water partition coefficient (Wildman–Crippen LogP) is 3.50. The standard InChI is InChI=1S/C14H23FN2O/c1-5-16-14(18-10-11(2)3)13(15)12(4)17-8-6-7-9-17/h5,11H,4,6-10H2,1-3H3/b14-13-,16-5-. The molecular formula is C14H23FN2O. The van der Waals surface area contributed by atoms with Crippen LogP contribution in [0.1, 0.15) is 33.6 Å². The van der Waals surface area contributed by atoms with Crippen LogP contribution in [0.4, 0.5) is 4.39 Å². The first-order chi connectivity index (χ1) is 8.56. The molecule has 0 aromatic carbocycles. The summed E-state index contributed by atoms with van der Waals surface area (Å²) in [6.07, 6.45) is 3.71. The summed E-state index contributed by atoms with van der Waals surface area (Å²) in [5.74, 6) is -0.0707. The molecule has 3 nitrogen and oxygen atoms in total. The Morgan fingerprint density at radius 3 is 2.56 bits per heavy atom. The molecule has 1 saturated heterocycles. The fourth-order valence-electron chi connectivity index (χ4n) is 1.77. The predicted molar refractivity (Wildman–Crippen MR) is 73.0 cm³/mol. The minimum absolute atomic E-state index is 0.0445. The highest BCUT2D eigenvalue weighted by Gasteiger charge is 2.20. The van der Waals surface area contributed by atoms with Gasteiger partial charge in [-0.1, -0.05) is 20.4 Å². The van der Waals surface area contributed by atoms with Crippen molar-refractivity contribution in [1.29, 1.82) is 0 Å². The number of ether oxygens (including phenoxy) is 1. The molecule has 0 spiro atoms. The van der Waals surface area contributed by atoms with E-state index in [2.05, 4.69) is 11.6 Å². The molecule has 0 aromatic rings. The highest BCUT2D eigenvalue weighted by Crippen LogP contribution is 2.24. The topological polar surface area (TPSA) is 24.8 Å². The van der Waals surface area contributed by atoms with Gasteiger partial charge in [-0.05, 0) is 25.7 Å². The van der Waals surface area contributed by atoms with Crippen molar-refractivity contribution < 1.29 is 9.13 Å². The van der Waals surface area contributed by atoms with Crippen LogP contribution in [0, 0.1) is 5.92 Å². The molecule has 1 aliphatic rings. The van der Waals surface area contributed by atoms with Gasteiger partial charge in [0.1, 0.15) is 0 Å². The third-order valence-corrected chi connectivity index (χ3v) is 2.73. The van der Waals surface area contributed by atoms with Gasteiger partial charge in [0, 0.05) is 19.3 Å². The van der Waals surface area contributed by atoms with Gasteiger partial charge in [-0.15, -0.1) is 0 Å². The summed E-state index contributed by atoms with van der Waals surface area (Å²) in [4.78, 5) is 5.90. The first kappa shape index (κ1) is 14.7. The van der Waals surface area contributed by atoms with E-state index in [9.17, 15) is 4.39 Å². The molecule has 1 aliphatic heterocycles. The third kappa shape index (κ3) is 4.17. The van der Waals surface area contributed by atoms with E-state index < -0.39 is 5.83 Å². The molecule has 0 aromatic heterocycles. The van der Waals surface area contributed by atoms with Crippen LogP contribution in [-0.4, -0.2) is 30.8 Å². The zero-order valence-corrected chi connectivity index (χ0v) is 11.6. The number of allylic oxidation sites excluding steroid dienone is 1. The maximum absolute atomic E-state index is 14.2. The van der Waals surface area contributed by atoms with Gasteiger partial charge in [0.15, 0.2) is 0 Å². The summed E-state index contributed by atoms with van der Waals surface area (Å²) in [7, 11) is 0. The van der Waals surface area contributed by atoms with E-state index in [0.29, 0.717) is 18.2 Å². The number of nitrogens with zero attached hydrogens (tertiary/aromatic N) is 2. The van der Waals surface area contributed by atoms with E-state index in [1.165, 1.54) is 6.21 Å². The van der Waals surface area contributed by atoms with Crippen LogP contribution >= 0.6 is 0 Å². The first-order valence-corrected chi connectivity index (χ1v) is 6.51. The largest absolute Gasteiger partial charge is 0.475 e. The SMILES string of the molecule is C=C(/C(F)=C(\N=C/C)OCC(C)C)N1CCCC1. The zero-order valence-electron chi connectivity index (χ0n) is 11.6. The van der Waals surface area contributed by atoms with Gasteiger partial charge >= 0.3 is 0 Å². The van der Waals surface area contributed by atoms with Gasteiger partial charge in [-0.2, -0.15) is 4.39 Å². The molecule has 0 atom stereocenters. The van der Waals surface area contributed by atoms with Crippen LogP contribution in [0.15, 0.2) is 29.0 Å². The molecule has 0 N–H and O–H groups in total. The van der Waals surface area contributed by atoms with Crippen molar-refractivity contribution in [3.05, 3.63) is 24.0 Å². The smallest absolute Gasteiger partial charge is 0.252 e. The Labute approximate surface area is 109 Å². The number of likely N-dealkylation sites (tertiary alicyclic amines) is 1. The lowest BCUT2D eigenvalue weighted by atomic mass is 10.2.